The van der Waals surface area contributed by atoms with Gasteiger partial charge in [-0.15, -0.1) is 36.4 Å². The minimum atomic E-state index is -0.781. The van der Waals surface area contributed by atoms with E-state index in [0.717, 1.165) is 89.9 Å². The van der Waals surface area contributed by atoms with Crippen LogP contribution in [0.2, 0.25) is 0 Å². The van der Waals surface area contributed by atoms with Crippen molar-refractivity contribution in [3.8, 4) is 0 Å². The van der Waals surface area contributed by atoms with Crippen LogP contribution in [-0.4, -0.2) is 23.9 Å². The number of hydrogen-bond donors (Lipinski definition) is 0. The second-order valence-electron chi connectivity index (χ2n) is 16.1. The average molecular weight is 823 g/mol. The molecule has 4 nitrogen and oxygen atoms in total. The molecular weight excluding hydrogens is 760 g/mol. The second-order valence-corrected chi connectivity index (χ2v) is 16.1. The Kier molecular flexibility index (Phi) is 21.9. The van der Waals surface area contributed by atoms with Crippen molar-refractivity contribution in [2.45, 2.75) is 144 Å². The van der Waals surface area contributed by atoms with E-state index in [2.05, 4.69) is 12.1 Å². The topological polar surface area (TPSA) is 40.6 Å². The molecule has 2 aliphatic rings. The first-order valence-corrected chi connectivity index (χ1v) is 20.5. The van der Waals surface area contributed by atoms with Crippen LogP contribution in [-0.2, 0) is 31.3 Å². The smallest absolute Gasteiger partial charge is 0.360 e. The van der Waals surface area contributed by atoms with Gasteiger partial charge in [-0.05, 0) is 49.9 Å². The molecule has 0 heterocycles. The normalized spacial score (nSPS) is 14.6. The quantitative estimate of drug-likeness (QED) is 0.0908. The fraction of sp³-hybridized carbons (Fsp3) is 0.500. The summed E-state index contributed by atoms with van der Waals surface area (Å²) in [7, 11) is 0. The van der Waals surface area contributed by atoms with Crippen molar-refractivity contribution in [1.29, 1.82) is 0 Å². The Morgan fingerprint density at radius 1 is 0.596 bits per heavy atom. The van der Waals surface area contributed by atoms with Crippen LogP contribution in [0.15, 0.2) is 84.9 Å². The molecule has 2 saturated carbocycles. The molecule has 0 N–H and O–H groups in total. The Bertz CT molecular complexity index is 1530. The summed E-state index contributed by atoms with van der Waals surface area (Å²) in [6, 6.07) is 29.2. The summed E-state index contributed by atoms with van der Waals surface area (Å²) in [6.07, 6.45) is 13.2. The third-order valence-electron chi connectivity index (χ3n) is 10.5. The van der Waals surface area contributed by atoms with Crippen LogP contribution in [0.1, 0.15) is 131 Å². The van der Waals surface area contributed by atoms with Crippen molar-refractivity contribution in [3.63, 3.8) is 0 Å². The summed E-state index contributed by atoms with van der Waals surface area (Å²) in [4.78, 5) is 29.5. The van der Waals surface area contributed by atoms with E-state index in [9.17, 15) is 27.2 Å². The van der Waals surface area contributed by atoms with Crippen LogP contribution in [0.4, 0.5) is 28.9 Å². The SMILES string of the molecule is CCCC(C)(C)C(=O)N(c1ccc(F)[c-]c1F)C1CCCCC1.CCCC(C)(C)C(=O)N(c1ccc(F)[c-]c1F)C1CCCCC1.[Ti+4].c1cc[cH-]c1.c1cc[cH-]c1. The van der Waals surface area contributed by atoms with Gasteiger partial charge in [-0.3, -0.25) is 9.59 Å². The van der Waals surface area contributed by atoms with Crippen molar-refractivity contribution < 1.29 is 48.9 Å². The summed E-state index contributed by atoms with van der Waals surface area (Å²) in [5.74, 6) is -3.20. The molecule has 0 bridgehead atoms. The van der Waals surface area contributed by atoms with Gasteiger partial charge >= 0.3 is 21.7 Å². The van der Waals surface area contributed by atoms with Crippen LogP contribution in [0.25, 0.3) is 0 Å². The van der Waals surface area contributed by atoms with Crippen LogP contribution in [0.5, 0.6) is 0 Å². The molecule has 0 atom stereocenters. The van der Waals surface area contributed by atoms with Crippen molar-refractivity contribution in [2.75, 3.05) is 9.80 Å². The second kappa shape index (κ2) is 25.1. The summed E-state index contributed by atoms with van der Waals surface area (Å²) >= 11 is 0. The largest absolute Gasteiger partial charge is 4.00 e. The Morgan fingerprint density at radius 3 is 1.16 bits per heavy atom. The monoisotopic (exact) mass is 822 g/mol. The van der Waals surface area contributed by atoms with Gasteiger partial charge in [0.05, 0.1) is 0 Å². The van der Waals surface area contributed by atoms with E-state index in [1.165, 1.54) is 24.3 Å². The molecule has 2 amide bonds. The molecule has 2 aliphatic carbocycles. The molecule has 9 heteroatoms. The predicted octanol–water partition coefficient (Wildman–Crippen LogP) is 13.3. The van der Waals surface area contributed by atoms with Gasteiger partial charge in [-0.2, -0.15) is 36.4 Å². The summed E-state index contributed by atoms with van der Waals surface area (Å²) in [6.45, 7) is 11.7. The van der Waals surface area contributed by atoms with E-state index in [0.29, 0.717) is 0 Å². The first-order chi connectivity index (χ1) is 26.7. The molecule has 308 valence electrons. The predicted molar refractivity (Wildman–Crippen MR) is 221 cm³/mol. The molecular formula is C48H62F4N2O2Ti. The molecule has 0 aromatic heterocycles. The number of benzene rings is 2. The van der Waals surface area contributed by atoms with E-state index < -0.39 is 34.1 Å². The molecule has 0 aliphatic heterocycles. The summed E-state index contributed by atoms with van der Waals surface area (Å²) < 4.78 is 55.0. The van der Waals surface area contributed by atoms with Crippen LogP contribution in [0, 0.1) is 46.2 Å². The Hall–Kier alpha value is -3.49. The third-order valence-corrected chi connectivity index (χ3v) is 10.5. The van der Waals surface area contributed by atoms with Gasteiger partial charge < -0.3 is 9.80 Å². The van der Waals surface area contributed by atoms with Gasteiger partial charge in [0.25, 0.3) is 0 Å². The number of anilines is 2. The van der Waals surface area contributed by atoms with Gasteiger partial charge in [0.2, 0.25) is 11.8 Å². The number of hydrogen-bond acceptors (Lipinski definition) is 2. The first-order valence-electron chi connectivity index (χ1n) is 20.5. The molecule has 0 radical (unpaired) electrons. The van der Waals surface area contributed by atoms with E-state index >= 15 is 0 Å². The van der Waals surface area contributed by atoms with E-state index in [4.69, 9.17) is 0 Å². The standard InChI is InChI=1S/2C19H26F2NO.2C5H5.Ti/c2*1-4-12-19(2,3)18(23)22(15-8-6-5-7-9-15)17-11-10-14(20)13-16(17)21;2*1-2-4-5-3-1;/h2*10-11,15H,4-9,12H2,1-3H3;2*1-5H;/q4*-1;+4. The maximum atomic E-state index is 14.3. The van der Waals surface area contributed by atoms with Gasteiger partial charge in [-0.25, -0.2) is 41.8 Å². The molecule has 6 rings (SSSR count). The van der Waals surface area contributed by atoms with Crippen molar-refractivity contribution >= 4 is 23.2 Å². The van der Waals surface area contributed by atoms with E-state index in [1.54, 1.807) is 9.80 Å². The minimum absolute atomic E-state index is 0. The maximum Gasteiger partial charge on any atom is 4.00 e. The number of carbonyl (C=O) groups excluding carboxylic acids is 2. The van der Waals surface area contributed by atoms with Gasteiger partial charge in [0.1, 0.15) is 0 Å². The Labute approximate surface area is 355 Å². The fourth-order valence-electron chi connectivity index (χ4n) is 7.62. The van der Waals surface area contributed by atoms with Crippen LogP contribution < -0.4 is 9.80 Å². The Morgan fingerprint density at radius 2 is 0.912 bits per heavy atom. The first kappa shape index (κ1) is 49.7. The third kappa shape index (κ3) is 15.7. The van der Waals surface area contributed by atoms with E-state index in [-0.39, 0.29) is 57.0 Å². The molecule has 0 saturated heterocycles. The number of amides is 2. The van der Waals surface area contributed by atoms with Crippen LogP contribution >= 0.6 is 0 Å². The zero-order chi connectivity index (χ0) is 41.1. The molecule has 2 fully saturated rings. The van der Waals surface area contributed by atoms with Gasteiger partial charge in [0, 0.05) is 46.2 Å². The Balaban J connectivity index is 0.000000310. The molecule has 0 spiro atoms. The summed E-state index contributed by atoms with van der Waals surface area (Å²) in [5, 5.41) is 0. The number of halogens is 4. The molecule has 4 aromatic carbocycles. The molecule has 57 heavy (non-hydrogen) atoms. The minimum Gasteiger partial charge on any atom is -0.360 e. The summed E-state index contributed by atoms with van der Waals surface area (Å²) in [5.41, 5.74) is -0.806. The molecule has 0 unspecified atom stereocenters. The maximum absolute atomic E-state index is 14.3. The van der Waals surface area contributed by atoms with Gasteiger partial charge in [0.15, 0.2) is 0 Å². The van der Waals surface area contributed by atoms with Crippen molar-refractivity contribution in [1.82, 2.24) is 0 Å². The van der Waals surface area contributed by atoms with Crippen molar-refractivity contribution in [3.05, 3.63) is 120 Å². The number of rotatable bonds is 10. The van der Waals surface area contributed by atoms with E-state index in [1.807, 2.05) is 102 Å². The number of carbonyl (C=O) groups is 2. The number of nitrogens with zero attached hydrogens (tertiary/aromatic N) is 2. The molecule has 4 aromatic rings. The van der Waals surface area contributed by atoms with Crippen LogP contribution in [0.3, 0.4) is 0 Å². The zero-order valence-electron chi connectivity index (χ0n) is 34.9. The fourth-order valence-corrected chi connectivity index (χ4v) is 7.62. The zero-order valence-corrected chi connectivity index (χ0v) is 36.4. The van der Waals surface area contributed by atoms with Crippen molar-refractivity contribution in [2.24, 2.45) is 10.8 Å². The average Bonchev–Trinajstić information content (AvgIpc) is 3.96. The van der Waals surface area contributed by atoms with Gasteiger partial charge in [-0.1, -0.05) is 92.9 Å².